The summed E-state index contributed by atoms with van der Waals surface area (Å²) in [6.07, 6.45) is 3.43. The first kappa shape index (κ1) is 11.3. The molecule has 0 unspecified atom stereocenters. The van der Waals surface area contributed by atoms with E-state index in [2.05, 4.69) is 22.2 Å². The van der Waals surface area contributed by atoms with Gasteiger partial charge in [-0.1, -0.05) is 0 Å². The van der Waals surface area contributed by atoms with E-state index in [0.29, 0.717) is 11.2 Å². The van der Waals surface area contributed by atoms with Crippen LogP contribution < -0.4 is 5.32 Å². The Morgan fingerprint density at radius 3 is 2.88 bits per heavy atom. The van der Waals surface area contributed by atoms with E-state index in [1.165, 1.54) is 6.20 Å². The summed E-state index contributed by atoms with van der Waals surface area (Å²) in [5, 5.41) is 14.5. The van der Waals surface area contributed by atoms with Gasteiger partial charge in [0.15, 0.2) is 5.13 Å². The lowest BCUT2D eigenvalue weighted by atomic mass is 10.1. The number of nitro groups is 1. The zero-order chi connectivity index (χ0) is 11.5. The molecular weight excluding hydrogens is 228 g/mol. The second-order valence-corrected chi connectivity index (χ2v) is 4.99. The van der Waals surface area contributed by atoms with Gasteiger partial charge in [-0.25, -0.2) is 4.98 Å². The van der Waals surface area contributed by atoms with Crippen molar-refractivity contribution in [1.82, 2.24) is 9.88 Å². The molecule has 1 saturated heterocycles. The Morgan fingerprint density at radius 2 is 2.31 bits per heavy atom. The van der Waals surface area contributed by atoms with Crippen LogP contribution in [0.15, 0.2) is 6.20 Å². The molecule has 0 bridgehead atoms. The largest absolute Gasteiger partial charge is 0.359 e. The molecule has 1 N–H and O–H groups in total. The van der Waals surface area contributed by atoms with Crippen LogP contribution in [0.3, 0.4) is 0 Å². The van der Waals surface area contributed by atoms with E-state index < -0.39 is 4.92 Å². The fraction of sp³-hybridized carbons (Fsp3) is 0.667. The monoisotopic (exact) mass is 242 g/mol. The highest BCUT2D eigenvalue weighted by Crippen LogP contribution is 2.26. The van der Waals surface area contributed by atoms with Crippen LogP contribution in [0.2, 0.25) is 0 Å². The number of thiazole rings is 1. The van der Waals surface area contributed by atoms with Crippen molar-refractivity contribution in [2.75, 3.05) is 25.5 Å². The van der Waals surface area contributed by atoms with E-state index in [-0.39, 0.29) is 5.00 Å². The third kappa shape index (κ3) is 2.67. The first-order valence-corrected chi connectivity index (χ1v) is 6.02. The molecule has 16 heavy (non-hydrogen) atoms. The molecule has 0 saturated carbocycles. The second kappa shape index (κ2) is 4.75. The minimum absolute atomic E-state index is 0.0930. The van der Waals surface area contributed by atoms with Crippen molar-refractivity contribution in [2.45, 2.75) is 18.9 Å². The van der Waals surface area contributed by atoms with E-state index in [4.69, 9.17) is 0 Å². The van der Waals surface area contributed by atoms with E-state index in [1.807, 2.05) is 0 Å². The van der Waals surface area contributed by atoms with Crippen molar-refractivity contribution in [3.05, 3.63) is 16.3 Å². The molecule has 0 radical (unpaired) electrons. The minimum Gasteiger partial charge on any atom is -0.359 e. The molecule has 1 aliphatic rings. The van der Waals surface area contributed by atoms with Crippen LogP contribution in [-0.4, -0.2) is 41.0 Å². The van der Waals surface area contributed by atoms with Gasteiger partial charge in [0.2, 0.25) is 0 Å². The summed E-state index contributed by atoms with van der Waals surface area (Å²) in [5.74, 6) is 0. The quantitative estimate of drug-likeness (QED) is 0.643. The van der Waals surface area contributed by atoms with Gasteiger partial charge in [0, 0.05) is 6.04 Å². The third-order valence-corrected chi connectivity index (χ3v) is 3.60. The molecule has 1 aliphatic heterocycles. The lowest BCUT2D eigenvalue weighted by molar-refractivity contribution is -0.380. The van der Waals surface area contributed by atoms with E-state index in [1.54, 1.807) is 0 Å². The Balaban J connectivity index is 1.91. The summed E-state index contributed by atoms with van der Waals surface area (Å²) in [5.41, 5.74) is 0. The number of likely N-dealkylation sites (tertiary alicyclic amines) is 1. The van der Waals surface area contributed by atoms with Crippen molar-refractivity contribution in [3.8, 4) is 0 Å². The first-order chi connectivity index (χ1) is 7.65. The van der Waals surface area contributed by atoms with Gasteiger partial charge in [0.05, 0.1) is 4.92 Å². The topological polar surface area (TPSA) is 71.3 Å². The average molecular weight is 242 g/mol. The van der Waals surface area contributed by atoms with Crippen molar-refractivity contribution in [1.29, 1.82) is 0 Å². The van der Waals surface area contributed by atoms with Gasteiger partial charge in [-0.2, -0.15) is 0 Å². The molecule has 7 heteroatoms. The van der Waals surface area contributed by atoms with Gasteiger partial charge in [-0.05, 0) is 44.3 Å². The summed E-state index contributed by atoms with van der Waals surface area (Å²) in [6.45, 7) is 2.12. The fourth-order valence-electron chi connectivity index (χ4n) is 1.74. The molecule has 1 aromatic heterocycles. The SMILES string of the molecule is CN1CCC(Nc2ncc([N+](=O)[O-])s2)CC1. The molecule has 0 aliphatic carbocycles. The molecule has 0 atom stereocenters. The van der Waals surface area contributed by atoms with Gasteiger partial charge in [-0.3, -0.25) is 10.1 Å². The Bertz CT molecular complexity index is 373. The highest BCUT2D eigenvalue weighted by molar-refractivity contribution is 7.18. The highest BCUT2D eigenvalue weighted by atomic mass is 32.1. The summed E-state index contributed by atoms with van der Waals surface area (Å²) >= 11 is 1.10. The average Bonchev–Trinajstić information content (AvgIpc) is 2.70. The lowest BCUT2D eigenvalue weighted by Crippen LogP contribution is -2.36. The highest BCUT2D eigenvalue weighted by Gasteiger charge is 2.19. The first-order valence-electron chi connectivity index (χ1n) is 5.20. The maximum atomic E-state index is 10.5. The number of piperidine rings is 1. The van der Waals surface area contributed by atoms with E-state index in [9.17, 15) is 10.1 Å². The summed E-state index contributed by atoms with van der Waals surface area (Å²) < 4.78 is 0. The third-order valence-electron chi connectivity index (χ3n) is 2.72. The summed E-state index contributed by atoms with van der Waals surface area (Å²) in [4.78, 5) is 16.4. The molecule has 2 rings (SSSR count). The number of aromatic nitrogens is 1. The number of anilines is 1. The minimum atomic E-state index is -0.405. The number of rotatable bonds is 3. The van der Waals surface area contributed by atoms with E-state index in [0.717, 1.165) is 37.3 Å². The molecule has 1 fully saturated rings. The van der Waals surface area contributed by atoms with E-state index >= 15 is 0 Å². The number of nitrogens with one attached hydrogen (secondary N) is 1. The molecule has 0 spiro atoms. The van der Waals surface area contributed by atoms with Crippen LogP contribution in [0.5, 0.6) is 0 Å². The Hall–Kier alpha value is -1.21. The van der Waals surface area contributed by atoms with Crippen LogP contribution in [0.25, 0.3) is 0 Å². The smallest absolute Gasteiger partial charge is 0.345 e. The predicted molar refractivity (Wildman–Crippen MR) is 62.9 cm³/mol. The predicted octanol–water partition coefficient (Wildman–Crippen LogP) is 1.56. The van der Waals surface area contributed by atoms with Crippen LogP contribution in [-0.2, 0) is 0 Å². The maximum absolute atomic E-state index is 10.5. The fourth-order valence-corrected chi connectivity index (χ4v) is 2.45. The maximum Gasteiger partial charge on any atom is 0.345 e. The van der Waals surface area contributed by atoms with Crippen LogP contribution in [0.1, 0.15) is 12.8 Å². The van der Waals surface area contributed by atoms with Gasteiger partial charge >= 0.3 is 5.00 Å². The lowest BCUT2D eigenvalue weighted by Gasteiger charge is -2.29. The molecule has 88 valence electrons. The molecular formula is C9H14N4O2S. The van der Waals surface area contributed by atoms with Crippen molar-refractivity contribution < 1.29 is 4.92 Å². The Morgan fingerprint density at radius 1 is 1.62 bits per heavy atom. The van der Waals surface area contributed by atoms with Gasteiger partial charge in [0.25, 0.3) is 0 Å². The molecule has 2 heterocycles. The van der Waals surface area contributed by atoms with Gasteiger partial charge < -0.3 is 10.2 Å². The number of hydrogen-bond donors (Lipinski definition) is 1. The number of hydrogen-bond acceptors (Lipinski definition) is 6. The Labute approximate surface area is 97.4 Å². The normalized spacial score (nSPS) is 18.6. The van der Waals surface area contributed by atoms with Crippen LogP contribution in [0.4, 0.5) is 10.1 Å². The summed E-state index contributed by atoms with van der Waals surface area (Å²) in [6, 6.07) is 0.391. The molecule has 6 nitrogen and oxygen atoms in total. The van der Waals surface area contributed by atoms with Crippen molar-refractivity contribution in [2.24, 2.45) is 0 Å². The van der Waals surface area contributed by atoms with Crippen LogP contribution >= 0.6 is 11.3 Å². The van der Waals surface area contributed by atoms with Gasteiger partial charge in [0.1, 0.15) is 6.20 Å². The van der Waals surface area contributed by atoms with Crippen molar-refractivity contribution >= 4 is 21.5 Å². The van der Waals surface area contributed by atoms with Gasteiger partial charge in [-0.15, -0.1) is 0 Å². The second-order valence-electron chi connectivity index (χ2n) is 3.98. The van der Waals surface area contributed by atoms with Crippen LogP contribution in [0, 0.1) is 10.1 Å². The van der Waals surface area contributed by atoms with Crippen molar-refractivity contribution in [3.63, 3.8) is 0 Å². The zero-order valence-electron chi connectivity index (χ0n) is 9.05. The standard InChI is InChI=1S/C9H14N4O2S/c1-12-4-2-7(3-5-12)11-9-10-6-8(16-9)13(14)15/h6-7H,2-5H2,1H3,(H,10,11). The Kier molecular flexibility index (Phi) is 3.35. The summed E-state index contributed by atoms with van der Waals surface area (Å²) in [7, 11) is 2.10. The molecule has 0 amide bonds. The molecule has 1 aromatic rings. The zero-order valence-corrected chi connectivity index (χ0v) is 9.87. The number of nitrogens with zero attached hydrogens (tertiary/aromatic N) is 3. The molecule has 0 aromatic carbocycles.